The Morgan fingerprint density at radius 3 is 2.12 bits per heavy atom. The zero-order valence-corrected chi connectivity index (χ0v) is 18.6. The second kappa shape index (κ2) is 8.57. The molecular formula is C25H27N3O4. The van der Waals surface area contributed by atoms with Gasteiger partial charge in [0.05, 0.1) is 11.1 Å². The lowest BCUT2D eigenvalue weighted by atomic mass is 10.0. The summed E-state index contributed by atoms with van der Waals surface area (Å²) in [7, 11) is 0. The van der Waals surface area contributed by atoms with Crippen LogP contribution in [0.25, 0.3) is 0 Å². The second-order valence-electron chi connectivity index (χ2n) is 8.74. The summed E-state index contributed by atoms with van der Waals surface area (Å²) in [4.78, 5) is 53.5. The summed E-state index contributed by atoms with van der Waals surface area (Å²) in [6.45, 7) is 6.58. The molecule has 0 unspecified atom stereocenters. The molecule has 2 aromatic rings. The highest BCUT2D eigenvalue weighted by Gasteiger charge is 2.38. The number of nitrogens with one attached hydrogen (secondary N) is 1. The molecule has 32 heavy (non-hydrogen) atoms. The van der Waals surface area contributed by atoms with Gasteiger partial charge in [0.1, 0.15) is 0 Å². The van der Waals surface area contributed by atoms with Gasteiger partial charge < -0.3 is 10.2 Å². The zero-order valence-electron chi connectivity index (χ0n) is 18.6. The summed E-state index contributed by atoms with van der Waals surface area (Å²) in [5.74, 6) is -0.943. The average Bonchev–Trinajstić information content (AvgIpc) is 3.04. The highest BCUT2D eigenvalue weighted by molar-refractivity contribution is 6.22. The van der Waals surface area contributed by atoms with E-state index in [-0.39, 0.29) is 41.3 Å². The highest BCUT2D eigenvalue weighted by Crippen LogP contribution is 2.26. The number of hydrogen-bond donors (Lipinski definition) is 1. The van der Waals surface area contributed by atoms with Crippen molar-refractivity contribution in [1.82, 2.24) is 15.1 Å². The summed E-state index contributed by atoms with van der Waals surface area (Å²) < 4.78 is 0. The van der Waals surface area contributed by atoms with Crippen LogP contribution in [0.5, 0.6) is 0 Å². The Balaban J connectivity index is 1.38. The standard InChI is InChI=1S/C25H27N3O4/c1-15(2)28-24(31)20-9-8-18(14-21(20)25(28)32)23(30)27-12-10-19(11-13-27)26-22(29)17-6-4-16(3)5-7-17/h4-9,14-15,19H,10-13H2,1-3H3,(H,26,29). The fraction of sp³-hybridized carbons (Fsp3) is 0.360. The van der Waals surface area contributed by atoms with Gasteiger partial charge >= 0.3 is 0 Å². The summed E-state index contributed by atoms with van der Waals surface area (Å²) in [6.07, 6.45) is 1.32. The molecule has 0 aliphatic carbocycles. The fourth-order valence-electron chi connectivity index (χ4n) is 4.24. The minimum Gasteiger partial charge on any atom is -0.349 e. The van der Waals surface area contributed by atoms with Crippen molar-refractivity contribution in [3.05, 3.63) is 70.3 Å². The van der Waals surface area contributed by atoms with E-state index in [9.17, 15) is 19.2 Å². The summed E-state index contributed by atoms with van der Waals surface area (Å²) in [6, 6.07) is 11.9. The molecule has 0 atom stereocenters. The van der Waals surface area contributed by atoms with Crippen LogP contribution in [0.15, 0.2) is 42.5 Å². The number of piperidine rings is 1. The Morgan fingerprint density at radius 2 is 1.50 bits per heavy atom. The Hall–Kier alpha value is -3.48. The number of aryl methyl sites for hydroxylation is 1. The molecule has 4 rings (SSSR count). The van der Waals surface area contributed by atoms with Crippen molar-refractivity contribution in [1.29, 1.82) is 0 Å². The Bertz CT molecular complexity index is 1080. The first kappa shape index (κ1) is 21.7. The molecular weight excluding hydrogens is 406 g/mol. The number of carbonyl (C=O) groups is 4. The van der Waals surface area contributed by atoms with E-state index in [4.69, 9.17) is 0 Å². The van der Waals surface area contributed by atoms with Crippen LogP contribution in [0.1, 0.15) is 73.7 Å². The van der Waals surface area contributed by atoms with Crippen LogP contribution in [-0.2, 0) is 0 Å². The van der Waals surface area contributed by atoms with Crippen molar-refractivity contribution in [2.45, 2.75) is 45.7 Å². The van der Waals surface area contributed by atoms with Gasteiger partial charge in [0.25, 0.3) is 23.6 Å². The molecule has 0 spiro atoms. The van der Waals surface area contributed by atoms with Crippen LogP contribution >= 0.6 is 0 Å². The van der Waals surface area contributed by atoms with E-state index in [2.05, 4.69) is 5.32 Å². The smallest absolute Gasteiger partial charge is 0.261 e. The van der Waals surface area contributed by atoms with Crippen molar-refractivity contribution in [2.75, 3.05) is 13.1 Å². The molecule has 1 fully saturated rings. The molecule has 2 heterocycles. The fourth-order valence-corrected chi connectivity index (χ4v) is 4.24. The van der Waals surface area contributed by atoms with Gasteiger partial charge in [-0.15, -0.1) is 0 Å². The lowest BCUT2D eigenvalue weighted by molar-refractivity contribution is 0.0607. The van der Waals surface area contributed by atoms with Crippen molar-refractivity contribution in [2.24, 2.45) is 0 Å². The quantitative estimate of drug-likeness (QED) is 0.751. The van der Waals surface area contributed by atoms with Gasteiger partial charge in [-0.2, -0.15) is 0 Å². The van der Waals surface area contributed by atoms with Crippen LogP contribution in [0.3, 0.4) is 0 Å². The molecule has 166 valence electrons. The van der Waals surface area contributed by atoms with E-state index in [0.29, 0.717) is 42.6 Å². The van der Waals surface area contributed by atoms with Gasteiger partial charge in [-0.25, -0.2) is 0 Å². The van der Waals surface area contributed by atoms with E-state index < -0.39 is 0 Å². The third-order valence-electron chi connectivity index (χ3n) is 6.11. The topological polar surface area (TPSA) is 86.8 Å². The lowest BCUT2D eigenvalue weighted by Gasteiger charge is -2.32. The molecule has 1 N–H and O–H groups in total. The van der Waals surface area contributed by atoms with Crippen LogP contribution in [0, 0.1) is 6.92 Å². The molecule has 2 aromatic carbocycles. The number of rotatable bonds is 4. The molecule has 0 radical (unpaired) electrons. The molecule has 1 saturated heterocycles. The van der Waals surface area contributed by atoms with Gasteiger partial charge in [-0.05, 0) is 63.9 Å². The average molecular weight is 434 g/mol. The third kappa shape index (κ3) is 4.02. The Kier molecular flexibility index (Phi) is 5.82. The number of amides is 4. The Morgan fingerprint density at radius 1 is 0.906 bits per heavy atom. The van der Waals surface area contributed by atoms with Gasteiger partial charge in [0.2, 0.25) is 0 Å². The summed E-state index contributed by atoms with van der Waals surface area (Å²) in [5, 5.41) is 3.05. The minimum absolute atomic E-state index is 0.00618. The molecule has 0 bridgehead atoms. The summed E-state index contributed by atoms with van der Waals surface area (Å²) >= 11 is 0. The van der Waals surface area contributed by atoms with Gasteiger partial charge in [0, 0.05) is 36.3 Å². The normalized spacial score (nSPS) is 16.5. The number of hydrogen-bond acceptors (Lipinski definition) is 4. The zero-order chi connectivity index (χ0) is 23.0. The molecule has 7 heteroatoms. The number of nitrogens with zero attached hydrogens (tertiary/aromatic N) is 2. The van der Waals surface area contributed by atoms with E-state index in [1.807, 2.05) is 31.2 Å². The van der Waals surface area contributed by atoms with E-state index in [1.165, 1.54) is 11.0 Å². The molecule has 4 amide bonds. The van der Waals surface area contributed by atoms with Crippen LogP contribution in [0.2, 0.25) is 0 Å². The largest absolute Gasteiger partial charge is 0.349 e. The van der Waals surface area contributed by atoms with Gasteiger partial charge in [-0.3, -0.25) is 24.1 Å². The monoisotopic (exact) mass is 433 g/mol. The van der Waals surface area contributed by atoms with E-state index in [1.54, 1.807) is 30.9 Å². The first-order chi connectivity index (χ1) is 15.3. The molecule has 0 aromatic heterocycles. The van der Waals surface area contributed by atoms with Gasteiger partial charge in [0.15, 0.2) is 0 Å². The molecule has 7 nitrogen and oxygen atoms in total. The predicted octanol–water partition coefficient (Wildman–Crippen LogP) is 3.03. The number of imide groups is 1. The maximum absolute atomic E-state index is 13.0. The number of likely N-dealkylation sites (tertiary alicyclic amines) is 1. The maximum Gasteiger partial charge on any atom is 0.261 e. The Labute approximate surface area is 187 Å². The molecule has 2 aliphatic rings. The molecule has 2 aliphatic heterocycles. The maximum atomic E-state index is 13.0. The van der Waals surface area contributed by atoms with Crippen molar-refractivity contribution < 1.29 is 19.2 Å². The summed E-state index contributed by atoms with van der Waals surface area (Å²) in [5.41, 5.74) is 2.76. The number of carbonyl (C=O) groups excluding carboxylic acids is 4. The van der Waals surface area contributed by atoms with Crippen molar-refractivity contribution in [3.8, 4) is 0 Å². The SMILES string of the molecule is Cc1ccc(C(=O)NC2CCN(C(=O)c3ccc4c(c3)C(=O)N(C(C)C)C4=O)CC2)cc1. The highest BCUT2D eigenvalue weighted by atomic mass is 16.2. The minimum atomic E-state index is -0.354. The van der Waals surface area contributed by atoms with Crippen LogP contribution in [-0.4, -0.2) is 58.6 Å². The first-order valence-electron chi connectivity index (χ1n) is 10.9. The van der Waals surface area contributed by atoms with E-state index >= 15 is 0 Å². The lowest BCUT2D eigenvalue weighted by Crippen LogP contribution is -2.46. The van der Waals surface area contributed by atoms with Crippen molar-refractivity contribution in [3.63, 3.8) is 0 Å². The number of fused-ring (bicyclic) bond motifs is 1. The van der Waals surface area contributed by atoms with Crippen LogP contribution < -0.4 is 5.32 Å². The number of benzene rings is 2. The van der Waals surface area contributed by atoms with E-state index in [0.717, 1.165) is 5.56 Å². The third-order valence-corrected chi connectivity index (χ3v) is 6.11. The van der Waals surface area contributed by atoms with Gasteiger partial charge in [-0.1, -0.05) is 17.7 Å². The first-order valence-corrected chi connectivity index (χ1v) is 10.9. The second-order valence-corrected chi connectivity index (χ2v) is 8.74. The predicted molar refractivity (Wildman–Crippen MR) is 120 cm³/mol. The van der Waals surface area contributed by atoms with Crippen molar-refractivity contribution >= 4 is 23.6 Å². The van der Waals surface area contributed by atoms with Crippen LogP contribution in [0.4, 0.5) is 0 Å². The molecule has 0 saturated carbocycles.